The third-order valence-electron chi connectivity index (χ3n) is 2.22. The highest BCUT2D eigenvalue weighted by Gasteiger charge is 2.52. The molecule has 0 spiro atoms. The summed E-state index contributed by atoms with van der Waals surface area (Å²) in [5.41, 5.74) is -1.40. The van der Waals surface area contributed by atoms with Crippen molar-refractivity contribution in [1.82, 2.24) is 4.90 Å². The van der Waals surface area contributed by atoms with Gasteiger partial charge in [-0.2, -0.15) is 0 Å². The van der Waals surface area contributed by atoms with E-state index in [1.165, 1.54) is 14.2 Å². The number of Topliss-reactive ketones (excluding diaryl/α,β-unsaturated/α-hetero) is 1. The lowest BCUT2D eigenvalue weighted by atomic mass is 10.0. The van der Waals surface area contributed by atoms with E-state index in [0.717, 1.165) is 0 Å². The molecular weight excluding hydrogens is 174 g/mol. The van der Waals surface area contributed by atoms with Gasteiger partial charge in [-0.3, -0.25) is 9.69 Å². The van der Waals surface area contributed by atoms with Crippen molar-refractivity contribution < 1.29 is 19.1 Å². The second-order valence-electron chi connectivity index (χ2n) is 3.12. The van der Waals surface area contributed by atoms with Gasteiger partial charge in [-0.15, -0.1) is 0 Å². The van der Waals surface area contributed by atoms with Crippen LogP contribution in [0, 0.1) is 0 Å². The van der Waals surface area contributed by atoms with Gasteiger partial charge in [-0.25, -0.2) is 4.79 Å². The van der Waals surface area contributed by atoms with E-state index in [2.05, 4.69) is 4.74 Å². The van der Waals surface area contributed by atoms with Gasteiger partial charge in [0.2, 0.25) is 5.60 Å². The van der Waals surface area contributed by atoms with E-state index in [4.69, 9.17) is 4.74 Å². The summed E-state index contributed by atoms with van der Waals surface area (Å²) in [6.07, 6.45) is 0. The fourth-order valence-corrected chi connectivity index (χ4v) is 1.50. The minimum absolute atomic E-state index is 0.225. The van der Waals surface area contributed by atoms with Crippen LogP contribution in [0.2, 0.25) is 0 Å². The molecule has 5 nitrogen and oxygen atoms in total. The molecule has 1 atom stereocenters. The number of likely N-dealkylation sites (N-methyl/N-ethyl adjacent to an activating group) is 1. The second-order valence-corrected chi connectivity index (χ2v) is 3.12. The first-order valence-corrected chi connectivity index (χ1v) is 3.92. The van der Waals surface area contributed by atoms with Gasteiger partial charge in [0.25, 0.3) is 0 Å². The van der Waals surface area contributed by atoms with Gasteiger partial charge in [0, 0.05) is 13.7 Å². The van der Waals surface area contributed by atoms with Gasteiger partial charge in [-0.05, 0) is 7.05 Å². The fraction of sp³-hybridized carbons (Fsp3) is 0.750. The van der Waals surface area contributed by atoms with Crippen LogP contribution in [0.5, 0.6) is 0 Å². The van der Waals surface area contributed by atoms with Crippen LogP contribution >= 0.6 is 0 Å². The van der Waals surface area contributed by atoms with E-state index in [9.17, 15) is 9.59 Å². The molecular formula is C8H13NO4. The Bertz CT molecular complexity index is 230. The lowest BCUT2D eigenvalue weighted by Crippen LogP contribution is -2.49. The molecule has 0 aromatic rings. The van der Waals surface area contributed by atoms with Crippen LogP contribution in [0.4, 0.5) is 0 Å². The molecule has 0 bridgehead atoms. The number of hydrogen-bond donors (Lipinski definition) is 0. The Hall–Kier alpha value is -0.940. The topological polar surface area (TPSA) is 55.8 Å². The summed E-state index contributed by atoms with van der Waals surface area (Å²) in [5.74, 6) is -0.867. The van der Waals surface area contributed by atoms with Crippen molar-refractivity contribution >= 4 is 11.8 Å². The average molecular weight is 187 g/mol. The van der Waals surface area contributed by atoms with Gasteiger partial charge in [0.1, 0.15) is 0 Å². The number of esters is 1. The standard InChI is InChI=1S/C8H13NO4/c1-9-4-6(10)8(5-9,13-3)7(11)12-2/h4-5H2,1-3H3. The molecule has 13 heavy (non-hydrogen) atoms. The Kier molecular flexibility index (Phi) is 2.68. The molecule has 0 amide bonds. The lowest BCUT2D eigenvalue weighted by Gasteiger charge is -2.21. The molecule has 0 saturated carbocycles. The van der Waals surface area contributed by atoms with E-state index in [0.29, 0.717) is 0 Å². The molecule has 1 aliphatic heterocycles. The highest BCUT2D eigenvalue weighted by molar-refractivity contribution is 6.10. The Labute approximate surface area is 76.6 Å². The summed E-state index contributed by atoms with van der Waals surface area (Å²) >= 11 is 0. The van der Waals surface area contributed by atoms with Crippen LogP contribution in [0.1, 0.15) is 0 Å². The number of carbonyl (C=O) groups excluding carboxylic acids is 2. The number of rotatable bonds is 2. The number of ether oxygens (including phenoxy) is 2. The Morgan fingerprint density at radius 1 is 1.54 bits per heavy atom. The van der Waals surface area contributed by atoms with Crippen molar-refractivity contribution in [3.8, 4) is 0 Å². The summed E-state index contributed by atoms with van der Waals surface area (Å²) < 4.78 is 9.50. The summed E-state index contributed by atoms with van der Waals surface area (Å²) in [4.78, 5) is 24.5. The predicted octanol–water partition coefficient (Wildman–Crippen LogP) is -0.941. The minimum Gasteiger partial charge on any atom is -0.466 e. The Morgan fingerprint density at radius 3 is 2.46 bits per heavy atom. The number of hydrogen-bond acceptors (Lipinski definition) is 5. The van der Waals surface area contributed by atoms with Crippen LogP contribution in [-0.4, -0.2) is 56.6 Å². The number of nitrogens with zero attached hydrogens (tertiary/aromatic N) is 1. The van der Waals surface area contributed by atoms with E-state index >= 15 is 0 Å². The third kappa shape index (κ3) is 1.45. The van der Waals surface area contributed by atoms with Crippen LogP contribution in [-0.2, 0) is 19.1 Å². The Balaban J connectivity index is 2.93. The van der Waals surface area contributed by atoms with Gasteiger partial charge < -0.3 is 9.47 Å². The van der Waals surface area contributed by atoms with Crippen molar-refractivity contribution in [3.63, 3.8) is 0 Å². The number of methoxy groups -OCH3 is 2. The lowest BCUT2D eigenvalue weighted by molar-refractivity contribution is -0.168. The number of likely N-dealkylation sites (tertiary alicyclic amines) is 1. The molecule has 1 saturated heterocycles. The summed E-state index contributed by atoms with van der Waals surface area (Å²) in [6, 6.07) is 0. The summed E-state index contributed by atoms with van der Waals surface area (Å²) in [7, 11) is 4.34. The molecule has 0 aromatic heterocycles. The van der Waals surface area contributed by atoms with Crippen LogP contribution in [0.15, 0.2) is 0 Å². The van der Waals surface area contributed by atoms with Gasteiger partial charge >= 0.3 is 5.97 Å². The predicted molar refractivity (Wildman–Crippen MR) is 44.3 cm³/mol. The van der Waals surface area contributed by atoms with Crippen LogP contribution in [0.25, 0.3) is 0 Å². The molecule has 1 fully saturated rings. The van der Waals surface area contributed by atoms with Gasteiger partial charge in [0.15, 0.2) is 5.78 Å². The number of carbonyl (C=O) groups is 2. The van der Waals surface area contributed by atoms with Crippen molar-refractivity contribution in [1.29, 1.82) is 0 Å². The molecule has 0 N–H and O–H groups in total. The highest BCUT2D eigenvalue weighted by atomic mass is 16.6. The van der Waals surface area contributed by atoms with Gasteiger partial charge in [0.05, 0.1) is 13.7 Å². The maximum absolute atomic E-state index is 11.5. The van der Waals surface area contributed by atoms with Crippen molar-refractivity contribution in [2.75, 3.05) is 34.4 Å². The molecule has 0 aliphatic carbocycles. The van der Waals surface area contributed by atoms with E-state index in [1.807, 2.05) is 0 Å². The maximum Gasteiger partial charge on any atom is 0.347 e. The molecule has 1 heterocycles. The fourth-order valence-electron chi connectivity index (χ4n) is 1.50. The zero-order chi connectivity index (χ0) is 10.1. The van der Waals surface area contributed by atoms with E-state index in [1.54, 1.807) is 11.9 Å². The van der Waals surface area contributed by atoms with Crippen molar-refractivity contribution in [2.45, 2.75) is 5.60 Å². The molecule has 1 unspecified atom stereocenters. The quantitative estimate of drug-likeness (QED) is 0.412. The average Bonchev–Trinajstić information content (AvgIpc) is 2.40. The largest absolute Gasteiger partial charge is 0.466 e. The molecule has 74 valence electrons. The minimum atomic E-state index is -1.40. The van der Waals surface area contributed by atoms with E-state index in [-0.39, 0.29) is 18.9 Å². The SMILES string of the molecule is COC(=O)C1(OC)CN(C)CC1=O. The first kappa shape index (κ1) is 10.1. The first-order chi connectivity index (χ1) is 6.06. The number of ketones is 1. The first-order valence-electron chi connectivity index (χ1n) is 3.92. The smallest absolute Gasteiger partial charge is 0.347 e. The third-order valence-corrected chi connectivity index (χ3v) is 2.22. The summed E-state index contributed by atoms with van der Waals surface area (Å²) in [6.45, 7) is 0.484. The molecule has 0 aromatic carbocycles. The Morgan fingerprint density at radius 2 is 2.15 bits per heavy atom. The molecule has 5 heteroatoms. The molecule has 0 radical (unpaired) electrons. The van der Waals surface area contributed by atoms with Gasteiger partial charge in [-0.1, -0.05) is 0 Å². The normalized spacial score (nSPS) is 29.3. The monoisotopic (exact) mass is 187 g/mol. The molecule has 1 aliphatic rings. The molecule has 1 rings (SSSR count). The van der Waals surface area contributed by atoms with Crippen LogP contribution < -0.4 is 0 Å². The summed E-state index contributed by atoms with van der Waals surface area (Å²) in [5, 5.41) is 0. The van der Waals surface area contributed by atoms with Crippen molar-refractivity contribution in [3.05, 3.63) is 0 Å². The zero-order valence-electron chi connectivity index (χ0n) is 7.99. The second kappa shape index (κ2) is 3.43. The van der Waals surface area contributed by atoms with Crippen LogP contribution in [0.3, 0.4) is 0 Å². The maximum atomic E-state index is 11.5. The highest BCUT2D eigenvalue weighted by Crippen LogP contribution is 2.21. The zero-order valence-corrected chi connectivity index (χ0v) is 7.99. The van der Waals surface area contributed by atoms with E-state index < -0.39 is 11.6 Å². The van der Waals surface area contributed by atoms with Crippen molar-refractivity contribution in [2.24, 2.45) is 0 Å².